The van der Waals surface area contributed by atoms with Gasteiger partial charge in [0.1, 0.15) is 0 Å². The SMILES string of the molecule is O=C(CCCc1ccc(Cl)cc1)NC1CCCCC1O. The highest BCUT2D eigenvalue weighted by atomic mass is 35.5. The number of carbonyl (C=O) groups is 1. The molecule has 0 aromatic heterocycles. The van der Waals surface area contributed by atoms with Gasteiger partial charge in [-0.2, -0.15) is 0 Å². The average molecular weight is 296 g/mol. The van der Waals surface area contributed by atoms with Crippen LogP contribution in [-0.4, -0.2) is 23.2 Å². The fraction of sp³-hybridized carbons (Fsp3) is 0.562. The van der Waals surface area contributed by atoms with Crippen molar-refractivity contribution in [1.29, 1.82) is 0 Å². The van der Waals surface area contributed by atoms with Gasteiger partial charge in [-0.15, -0.1) is 0 Å². The lowest BCUT2D eigenvalue weighted by Crippen LogP contribution is -2.45. The van der Waals surface area contributed by atoms with Crippen LogP contribution in [0.25, 0.3) is 0 Å². The quantitative estimate of drug-likeness (QED) is 0.877. The van der Waals surface area contributed by atoms with Gasteiger partial charge >= 0.3 is 0 Å². The number of hydrogen-bond donors (Lipinski definition) is 2. The van der Waals surface area contributed by atoms with Gasteiger partial charge < -0.3 is 10.4 Å². The zero-order valence-corrected chi connectivity index (χ0v) is 12.4. The average Bonchev–Trinajstić information content (AvgIpc) is 2.44. The van der Waals surface area contributed by atoms with Crippen molar-refractivity contribution in [3.63, 3.8) is 0 Å². The minimum Gasteiger partial charge on any atom is -0.391 e. The maximum atomic E-state index is 11.9. The molecule has 0 saturated heterocycles. The Morgan fingerprint density at radius 3 is 2.65 bits per heavy atom. The second kappa shape index (κ2) is 7.65. The topological polar surface area (TPSA) is 49.3 Å². The molecule has 4 heteroatoms. The van der Waals surface area contributed by atoms with Gasteiger partial charge in [-0.3, -0.25) is 4.79 Å². The molecule has 1 amide bonds. The van der Waals surface area contributed by atoms with E-state index in [9.17, 15) is 9.90 Å². The standard InChI is InChI=1S/C16H22ClNO2/c17-13-10-8-12(9-11-13)4-3-7-16(20)18-14-5-1-2-6-15(14)19/h8-11,14-15,19H,1-7H2,(H,18,20). The fourth-order valence-corrected chi connectivity index (χ4v) is 2.79. The van der Waals surface area contributed by atoms with Gasteiger partial charge in [0.15, 0.2) is 0 Å². The molecular formula is C16H22ClNO2. The number of halogens is 1. The van der Waals surface area contributed by atoms with Gasteiger partial charge in [0.25, 0.3) is 0 Å². The van der Waals surface area contributed by atoms with Gasteiger partial charge in [0.2, 0.25) is 5.91 Å². The molecule has 110 valence electrons. The smallest absolute Gasteiger partial charge is 0.220 e. The van der Waals surface area contributed by atoms with Crippen molar-refractivity contribution in [2.24, 2.45) is 0 Å². The van der Waals surface area contributed by atoms with E-state index < -0.39 is 0 Å². The maximum absolute atomic E-state index is 11.9. The predicted octanol–water partition coefficient (Wildman–Crippen LogP) is 3.08. The lowest BCUT2D eigenvalue weighted by Gasteiger charge is -2.28. The zero-order chi connectivity index (χ0) is 14.4. The highest BCUT2D eigenvalue weighted by Gasteiger charge is 2.23. The molecule has 1 aromatic carbocycles. The number of aliphatic hydroxyl groups is 1. The van der Waals surface area contributed by atoms with E-state index in [2.05, 4.69) is 5.32 Å². The van der Waals surface area contributed by atoms with Gasteiger partial charge in [0, 0.05) is 11.4 Å². The molecule has 2 N–H and O–H groups in total. The molecule has 1 saturated carbocycles. The molecule has 0 aliphatic heterocycles. The fourth-order valence-electron chi connectivity index (χ4n) is 2.66. The van der Waals surface area contributed by atoms with E-state index in [1.54, 1.807) is 0 Å². The number of carbonyl (C=O) groups excluding carboxylic acids is 1. The molecule has 1 aliphatic rings. The lowest BCUT2D eigenvalue weighted by atomic mass is 9.92. The van der Waals surface area contributed by atoms with Crippen molar-refractivity contribution < 1.29 is 9.90 Å². The third-order valence-corrected chi connectivity index (χ3v) is 4.11. The number of aryl methyl sites for hydroxylation is 1. The van der Waals surface area contributed by atoms with Crippen LogP contribution in [0.3, 0.4) is 0 Å². The summed E-state index contributed by atoms with van der Waals surface area (Å²) in [6.45, 7) is 0. The first-order valence-electron chi connectivity index (χ1n) is 7.37. The van der Waals surface area contributed by atoms with Crippen molar-refractivity contribution in [2.75, 3.05) is 0 Å². The first kappa shape index (κ1) is 15.3. The first-order valence-corrected chi connectivity index (χ1v) is 7.75. The summed E-state index contributed by atoms with van der Waals surface area (Å²) in [5.41, 5.74) is 1.19. The van der Waals surface area contributed by atoms with E-state index in [1.807, 2.05) is 24.3 Å². The third-order valence-electron chi connectivity index (χ3n) is 3.86. The maximum Gasteiger partial charge on any atom is 0.220 e. The molecule has 3 nitrogen and oxygen atoms in total. The van der Waals surface area contributed by atoms with Gasteiger partial charge in [-0.25, -0.2) is 0 Å². The number of hydrogen-bond acceptors (Lipinski definition) is 2. The van der Waals surface area contributed by atoms with E-state index >= 15 is 0 Å². The Morgan fingerprint density at radius 1 is 1.25 bits per heavy atom. The second-order valence-electron chi connectivity index (χ2n) is 5.51. The number of rotatable bonds is 5. The normalized spacial score (nSPS) is 22.5. The minimum atomic E-state index is -0.371. The summed E-state index contributed by atoms with van der Waals surface area (Å²) in [6, 6.07) is 7.67. The Hall–Kier alpha value is -1.06. The molecule has 2 unspecified atom stereocenters. The van der Waals surface area contributed by atoms with Crippen molar-refractivity contribution in [1.82, 2.24) is 5.32 Å². The van der Waals surface area contributed by atoms with Crippen LogP contribution in [0, 0.1) is 0 Å². The first-order chi connectivity index (χ1) is 9.65. The number of amides is 1. The molecule has 1 fully saturated rings. The lowest BCUT2D eigenvalue weighted by molar-refractivity contribution is -0.123. The van der Waals surface area contributed by atoms with E-state index in [0.717, 1.165) is 43.5 Å². The van der Waals surface area contributed by atoms with Crippen LogP contribution in [0.4, 0.5) is 0 Å². The van der Waals surface area contributed by atoms with Crippen molar-refractivity contribution in [3.05, 3.63) is 34.9 Å². The molecule has 1 aliphatic carbocycles. The summed E-state index contributed by atoms with van der Waals surface area (Å²) in [7, 11) is 0. The molecule has 0 spiro atoms. The van der Waals surface area contributed by atoms with Gasteiger partial charge in [-0.1, -0.05) is 36.6 Å². The van der Waals surface area contributed by atoms with Crippen LogP contribution in [0.1, 0.15) is 44.1 Å². The van der Waals surface area contributed by atoms with Crippen molar-refractivity contribution in [3.8, 4) is 0 Å². The molecular weight excluding hydrogens is 274 g/mol. The molecule has 20 heavy (non-hydrogen) atoms. The van der Waals surface area contributed by atoms with Crippen LogP contribution in [0.5, 0.6) is 0 Å². The third kappa shape index (κ3) is 4.80. The molecule has 2 rings (SSSR count). The molecule has 1 aromatic rings. The van der Waals surface area contributed by atoms with E-state index in [4.69, 9.17) is 11.6 Å². The highest BCUT2D eigenvalue weighted by molar-refractivity contribution is 6.30. The summed E-state index contributed by atoms with van der Waals surface area (Å²) in [6.07, 6.45) is 5.67. The second-order valence-corrected chi connectivity index (χ2v) is 5.94. The molecule has 0 radical (unpaired) electrons. The summed E-state index contributed by atoms with van der Waals surface area (Å²) >= 11 is 5.83. The van der Waals surface area contributed by atoms with Crippen LogP contribution in [-0.2, 0) is 11.2 Å². The van der Waals surface area contributed by atoms with E-state index in [1.165, 1.54) is 5.56 Å². The monoisotopic (exact) mass is 295 g/mol. The van der Waals surface area contributed by atoms with Crippen LogP contribution >= 0.6 is 11.6 Å². The minimum absolute atomic E-state index is 0.0462. The molecule has 0 bridgehead atoms. The highest BCUT2D eigenvalue weighted by Crippen LogP contribution is 2.18. The number of benzene rings is 1. The van der Waals surface area contributed by atoms with Gasteiger partial charge in [-0.05, 0) is 43.4 Å². The Balaban J connectivity index is 1.68. The summed E-state index contributed by atoms with van der Waals surface area (Å²) in [5.74, 6) is 0.0462. The Morgan fingerprint density at radius 2 is 1.95 bits per heavy atom. The van der Waals surface area contributed by atoms with Crippen LogP contribution in [0.15, 0.2) is 24.3 Å². The van der Waals surface area contributed by atoms with Gasteiger partial charge in [0.05, 0.1) is 12.1 Å². The largest absolute Gasteiger partial charge is 0.391 e. The van der Waals surface area contributed by atoms with E-state index in [-0.39, 0.29) is 18.1 Å². The summed E-state index contributed by atoms with van der Waals surface area (Å²) < 4.78 is 0. The Kier molecular flexibility index (Phi) is 5.86. The Bertz CT molecular complexity index is 433. The van der Waals surface area contributed by atoms with Crippen LogP contribution in [0.2, 0.25) is 5.02 Å². The summed E-state index contributed by atoms with van der Waals surface area (Å²) in [4.78, 5) is 11.9. The van der Waals surface area contributed by atoms with Crippen molar-refractivity contribution >= 4 is 17.5 Å². The predicted molar refractivity (Wildman–Crippen MR) is 80.8 cm³/mol. The number of aliphatic hydroxyl groups excluding tert-OH is 1. The Labute approximate surface area is 125 Å². The molecule has 0 heterocycles. The number of nitrogens with one attached hydrogen (secondary N) is 1. The van der Waals surface area contributed by atoms with Crippen LogP contribution < -0.4 is 5.32 Å². The zero-order valence-electron chi connectivity index (χ0n) is 11.6. The molecule has 2 atom stereocenters. The van der Waals surface area contributed by atoms with Crippen molar-refractivity contribution in [2.45, 2.75) is 57.1 Å². The summed E-state index contributed by atoms with van der Waals surface area (Å²) in [5, 5.41) is 13.5. The van der Waals surface area contributed by atoms with E-state index in [0.29, 0.717) is 6.42 Å².